The summed E-state index contributed by atoms with van der Waals surface area (Å²) in [4.78, 5) is 19.5. The molecule has 7 heteroatoms. The van der Waals surface area contributed by atoms with Crippen molar-refractivity contribution in [2.45, 2.75) is 32.0 Å². The highest BCUT2D eigenvalue weighted by atomic mass is 32.1. The number of anilines is 1. The molecule has 0 aliphatic carbocycles. The summed E-state index contributed by atoms with van der Waals surface area (Å²) in [5, 5.41) is 7.59. The van der Waals surface area contributed by atoms with Gasteiger partial charge in [0.1, 0.15) is 10.8 Å². The number of para-hydroxylation sites is 1. The van der Waals surface area contributed by atoms with Crippen molar-refractivity contribution in [3.63, 3.8) is 0 Å². The van der Waals surface area contributed by atoms with Crippen molar-refractivity contribution < 1.29 is 9.18 Å². The van der Waals surface area contributed by atoms with Crippen molar-refractivity contribution in [2.24, 2.45) is 0 Å². The third kappa shape index (κ3) is 5.26. The molecule has 0 bridgehead atoms. The van der Waals surface area contributed by atoms with E-state index in [2.05, 4.69) is 33.7 Å². The van der Waals surface area contributed by atoms with E-state index in [1.807, 2.05) is 30.3 Å². The molecule has 0 unspecified atom stereocenters. The minimum Gasteiger partial charge on any atom is -0.371 e. The number of nitrogens with zero attached hydrogens (tertiary/aromatic N) is 2. The average Bonchev–Trinajstić information content (AvgIpc) is 3.30. The normalized spacial score (nSPS) is 14.4. The molecule has 1 aliphatic heterocycles. The Bertz CT molecular complexity index is 1230. The Morgan fingerprint density at radius 2 is 1.71 bits per heavy atom. The number of aromatic nitrogens is 1. The number of amides is 1. The summed E-state index contributed by atoms with van der Waals surface area (Å²) < 4.78 is 15.0. The van der Waals surface area contributed by atoms with Gasteiger partial charge in [0.15, 0.2) is 0 Å². The first-order chi connectivity index (χ1) is 16.7. The second-order valence-electron chi connectivity index (χ2n) is 8.54. The van der Waals surface area contributed by atoms with Crippen molar-refractivity contribution in [1.82, 2.24) is 15.6 Å². The van der Waals surface area contributed by atoms with Crippen LogP contribution in [0, 0.1) is 5.82 Å². The minimum absolute atomic E-state index is 0.171. The van der Waals surface area contributed by atoms with Crippen LogP contribution in [-0.4, -0.2) is 30.0 Å². The van der Waals surface area contributed by atoms with Crippen LogP contribution >= 0.6 is 11.3 Å². The number of carbonyl (C=O) groups is 1. The molecule has 3 aromatic carbocycles. The van der Waals surface area contributed by atoms with Crippen LogP contribution < -0.4 is 15.5 Å². The SMILES string of the molecule is O=C(NCc1ccccc1F)c1ccc(N2CCC(NCc3nc4ccccc4s3)CC2)cc1. The van der Waals surface area contributed by atoms with E-state index in [9.17, 15) is 9.18 Å². The second-order valence-corrected chi connectivity index (χ2v) is 9.65. The van der Waals surface area contributed by atoms with Crippen molar-refractivity contribution >= 4 is 33.1 Å². The number of thiazole rings is 1. The molecular formula is C27H27FN4OS. The Labute approximate surface area is 202 Å². The Morgan fingerprint density at radius 3 is 2.47 bits per heavy atom. The van der Waals surface area contributed by atoms with Crippen LogP contribution in [0.5, 0.6) is 0 Å². The molecule has 0 spiro atoms. The lowest BCUT2D eigenvalue weighted by molar-refractivity contribution is 0.0950. The van der Waals surface area contributed by atoms with Gasteiger partial charge in [0.05, 0.1) is 10.2 Å². The fourth-order valence-corrected chi connectivity index (χ4v) is 5.23. The number of nitrogens with one attached hydrogen (secondary N) is 2. The predicted molar refractivity (Wildman–Crippen MR) is 136 cm³/mol. The van der Waals surface area contributed by atoms with Crippen molar-refractivity contribution in [3.8, 4) is 0 Å². The smallest absolute Gasteiger partial charge is 0.251 e. The van der Waals surface area contributed by atoms with Crippen molar-refractivity contribution in [3.05, 3.63) is 94.7 Å². The highest BCUT2D eigenvalue weighted by Crippen LogP contribution is 2.23. The fraction of sp³-hybridized carbons (Fsp3) is 0.259. The monoisotopic (exact) mass is 474 g/mol. The van der Waals surface area contributed by atoms with E-state index in [4.69, 9.17) is 4.98 Å². The molecule has 0 saturated carbocycles. The molecule has 1 fully saturated rings. The van der Waals surface area contributed by atoms with Gasteiger partial charge in [0.2, 0.25) is 0 Å². The van der Waals surface area contributed by atoms with Crippen LogP contribution in [0.2, 0.25) is 0 Å². The van der Waals surface area contributed by atoms with Crippen LogP contribution in [0.3, 0.4) is 0 Å². The van der Waals surface area contributed by atoms with E-state index in [0.717, 1.165) is 48.7 Å². The third-order valence-electron chi connectivity index (χ3n) is 6.27. The number of benzene rings is 3. The van der Waals surface area contributed by atoms with Crippen LogP contribution in [-0.2, 0) is 13.1 Å². The maximum Gasteiger partial charge on any atom is 0.251 e. The van der Waals surface area contributed by atoms with E-state index >= 15 is 0 Å². The third-order valence-corrected chi connectivity index (χ3v) is 7.30. The maximum atomic E-state index is 13.7. The number of piperidine rings is 1. The summed E-state index contributed by atoms with van der Waals surface area (Å²) >= 11 is 1.75. The number of halogens is 1. The molecule has 0 radical (unpaired) electrons. The van der Waals surface area contributed by atoms with Crippen LogP contribution in [0.1, 0.15) is 33.8 Å². The molecule has 5 nitrogen and oxygen atoms in total. The molecule has 34 heavy (non-hydrogen) atoms. The average molecular weight is 475 g/mol. The number of carbonyl (C=O) groups excluding carboxylic acids is 1. The zero-order valence-corrected chi connectivity index (χ0v) is 19.7. The van der Waals surface area contributed by atoms with E-state index in [0.29, 0.717) is 17.2 Å². The molecule has 2 heterocycles. The maximum absolute atomic E-state index is 13.7. The fourth-order valence-electron chi connectivity index (χ4n) is 4.31. The molecule has 4 aromatic rings. The van der Waals surface area contributed by atoms with Crippen molar-refractivity contribution in [1.29, 1.82) is 0 Å². The summed E-state index contributed by atoms with van der Waals surface area (Å²) in [6.45, 7) is 2.91. The van der Waals surface area contributed by atoms with Gasteiger partial charge < -0.3 is 15.5 Å². The molecule has 5 rings (SSSR count). The molecule has 1 amide bonds. The first kappa shape index (κ1) is 22.5. The Balaban J connectivity index is 1.09. The second kappa shape index (κ2) is 10.3. The van der Waals surface area contributed by atoms with E-state index < -0.39 is 0 Å². The summed E-state index contributed by atoms with van der Waals surface area (Å²) in [6, 6.07) is 22.9. The Kier molecular flexibility index (Phi) is 6.83. The molecule has 1 aliphatic rings. The first-order valence-electron chi connectivity index (χ1n) is 11.6. The Hall–Kier alpha value is -3.29. The van der Waals surface area contributed by atoms with Crippen LogP contribution in [0.15, 0.2) is 72.8 Å². The predicted octanol–water partition coefficient (Wildman–Crippen LogP) is 5.12. The quantitative estimate of drug-likeness (QED) is 0.390. The first-order valence-corrected chi connectivity index (χ1v) is 12.4. The minimum atomic E-state index is -0.309. The van der Waals surface area contributed by atoms with Gasteiger partial charge in [-0.3, -0.25) is 4.79 Å². The largest absolute Gasteiger partial charge is 0.371 e. The topological polar surface area (TPSA) is 57.3 Å². The number of rotatable bonds is 7. The molecular weight excluding hydrogens is 447 g/mol. The van der Waals surface area contributed by atoms with Crippen LogP contribution in [0.25, 0.3) is 10.2 Å². The lowest BCUT2D eigenvalue weighted by Gasteiger charge is -2.34. The molecule has 1 saturated heterocycles. The Morgan fingerprint density at radius 1 is 0.971 bits per heavy atom. The number of hydrogen-bond donors (Lipinski definition) is 2. The molecule has 0 atom stereocenters. The van der Waals surface area contributed by atoms with Crippen molar-refractivity contribution in [2.75, 3.05) is 18.0 Å². The van der Waals surface area contributed by atoms with Crippen LogP contribution in [0.4, 0.5) is 10.1 Å². The standard InChI is InChI=1S/C27H27FN4OS/c28-23-6-2-1-5-20(23)17-30-27(33)19-9-11-22(12-10-19)32-15-13-21(14-16-32)29-18-26-31-24-7-3-4-8-25(24)34-26/h1-12,21,29H,13-18H2,(H,30,33). The number of hydrogen-bond acceptors (Lipinski definition) is 5. The van der Waals surface area contributed by atoms with Gasteiger partial charge >= 0.3 is 0 Å². The summed E-state index contributed by atoms with van der Waals surface area (Å²) in [7, 11) is 0. The summed E-state index contributed by atoms with van der Waals surface area (Å²) in [6.07, 6.45) is 2.13. The lowest BCUT2D eigenvalue weighted by Crippen LogP contribution is -2.42. The van der Waals surface area contributed by atoms with E-state index in [1.54, 1.807) is 29.5 Å². The van der Waals surface area contributed by atoms with Gasteiger partial charge in [-0.25, -0.2) is 9.37 Å². The van der Waals surface area contributed by atoms with Gasteiger partial charge in [-0.15, -0.1) is 11.3 Å². The molecule has 2 N–H and O–H groups in total. The zero-order valence-electron chi connectivity index (χ0n) is 18.8. The van der Waals surface area contributed by atoms with Gasteiger partial charge in [0.25, 0.3) is 5.91 Å². The van der Waals surface area contributed by atoms with Gasteiger partial charge in [-0.2, -0.15) is 0 Å². The summed E-state index contributed by atoms with van der Waals surface area (Å²) in [5.74, 6) is -0.510. The van der Waals surface area contributed by atoms with E-state index in [1.165, 1.54) is 10.8 Å². The molecule has 174 valence electrons. The van der Waals surface area contributed by atoms with E-state index in [-0.39, 0.29) is 18.3 Å². The highest BCUT2D eigenvalue weighted by Gasteiger charge is 2.20. The molecule has 1 aromatic heterocycles. The summed E-state index contributed by atoms with van der Waals surface area (Å²) in [5.41, 5.74) is 3.25. The zero-order chi connectivity index (χ0) is 23.3. The van der Waals surface area contributed by atoms with Gasteiger partial charge in [0, 0.05) is 49.0 Å². The van der Waals surface area contributed by atoms with Gasteiger partial charge in [-0.1, -0.05) is 30.3 Å². The lowest BCUT2D eigenvalue weighted by atomic mass is 10.0. The number of fused-ring (bicyclic) bond motifs is 1. The highest BCUT2D eigenvalue weighted by molar-refractivity contribution is 7.18. The van der Waals surface area contributed by atoms with Gasteiger partial charge in [-0.05, 0) is 55.3 Å².